The fourth-order valence-corrected chi connectivity index (χ4v) is 8.52. The van der Waals surface area contributed by atoms with E-state index in [-0.39, 0.29) is 60.3 Å². The number of nitrogens with one attached hydrogen (secondary N) is 6. The SMILES string of the molecule is CCC(CC)O[C@@H]1C=C(P(=O)(O)OCCCNC(=O)CCCC[C@@H]2SC[C@@H]3NC(=O)N[C@@H]32)C[C@H](NC(=N)N)[C@H]1NC(C)=O. The van der Waals surface area contributed by atoms with Crippen LogP contribution in [-0.2, 0) is 23.4 Å². The van der Waals surface area contributed by atoms with E-state index in [1.165, 1.54) is 6.92 Å². The Morgan fingerprint density at radius 3 is 2.65 bits per heavy atom. The van der Waals surface area contributed by atoms with E-state index < -0.39 is 25.8 Å². The molecule has 2 heterocycles. The maximum absolute atomic E-state index is 13.3. The van der Waals surface area contributed by atoms with E-state index in [2.05, 4.69) is 26.6 Å². The van der Waals surface area contributed by atoms with Gasteiger partial charge in [-0.1, -0.05) is 20.3 Å². The van der Waals surface area contributed by atoms with Crippen LogP contribution in [0.25, 0.3) is 0 Å². The molecule has 3 rings (SSSR count). The maximum Gasteiger partial charge on any atom is 0.354 e. The fourth-order valence-electron chi connectivity index (χ4n) is 5.67. The zero-order valence-electron chi connectivity index (χ0n) is 25.2. The lowest BCUT2D eigenvalue weighted by Gasteiger charge is -2.39. The number of ether oxygens (including phenoxy) is 1. The van der Waals surface area contributed by atoms with E-state index in [9.17, 15) is 23.8 Å². The van der Waals surface area contributed by atoms with Gasteiger partial charge in [0.05, 0.1) is 43.0 Å². The van der Waals surface area contributed by atoms with Gasteiger partial charge in [-0.15, -0.1) is 0 Å². The molecule has 14 nitrogen and oxygen atoms in total. The summed E-state index contributed by atoms with van der Waals surface area (Å²) >= 11 is 1.85. The molecule has 0 radical (unpaired) electrons. The zero-order valence-corrected chi connectivity index (χ0v) is 26.9. The first-order valence-corrected chi connectivity index (χ1v) is 17.7. The van der Waals surface area contributed by atoms with Gasteiger partial charge in [0.15, 0.2) is 5.96 Å². The molecule has 2 fully saturated rings. The molecule has 1 unspecified atom stereocenters. The minimum Gasteiger partial charge on any atom is -0.370 e. The van der Waals surface area contributed by atoms with Gasteiger partial charge in [0.2, 0.25) is 11.8 Å². The Labute approximate surface area is 257 Å². The van der Waals surface area contributed by atoms with E-state index >= 15 is 0 Å². The van der Waals surface area contributed by atoms with Crippen LogP contribution in [-0.4, -0.2) is 89.2 Å². The first-order valence-electron chi connectivity index (χ1n) is 15.1. The Morgan fingerprint density at radius 1 is 1.23 bits per heavy atom. The molecular formula is C27H48N7O7PS. The summed E-state index contributed by atoms with van der Waals surface area (Å²) in [6.07, 6.45) is 5.41. The number of hydrogen-bond acceptors (Lipinski definition) is 8. The number of amides is 4. The average molecular weight is 646 g/mol. The zero-order chi connectivity index (χ0) is 31.6. The van der Waals surface area contributed by atoms with Gasteiger partial charge in [0, 0.05) is 42.6 Å². The number of nitrogens with two attached hydrogens (primary N) is 1. The van der Waals surface area contributed by atoms with Crippen LogP contribution in [0.15, 0.2) is 11.4 Å². The maximum atomic E-state index is 13.3. The van der Waals surface area contributed by atoms with Crippen molar-refractivity contribution in [3.8, 4) is 0 Å². The minimum atomic E-state index is -4.24. The Kier molecular flexibility index (Phi) is 13.6. The molecule has 0 saturated carbocycles. The highest BCUT2D eigenvalue weighted by molar-refractivity contribution is 8.00. The largest absolute Gasteiger partial charge is 0.370 e. The molecule has 0 spiro atoms. The number of thioether (sulfide) groups is 1. The van der Waals surface area contributed by atoms with Gasteiger partial charge in [-0.05, 0) is 38.2 Å². The van der Waals surface area contributed by atoms with Crippen LogP contribution in [0.3, 0.4) is 0 Å². The number of rotatable bonds is 17. The molecule has 0 aromatic rings. The molecule has 16 heteroatoms. The summed E-state index contributed by atoms with van der Waals surface area (Å²) < 4.78 is 24.9. The molecule has 0 aromatic carbocycles. The predicted molar refractivity (Wildman–Crippen MR) is 166 cm³/mol. The molecule has 2 saturated heterocycles. The molecule has 3 aliphatic rings. The van der Waals surface area contributed by atoms with Crippen molar-refractivity contribution in [1.29, 1.82) is 5.41 Å². The van der Waals surface area contributed by atoms with E-state index in [0.29, 0.717) is 37.5 Å². The molecular weight excluding hydrogens is 597 g/mol. The summed E-state index contributed by atoms with van der Waals surface area (Å²) in [6, 6.07) is -1.02. The van der Waals surface area contributed by atoms with Gasteiger partial charge in [-0.3, -0.25) is 19.6 Å². The normalized spacial score (nSPS) is 27.8. The first kappa shape index (κ1) is 35.2. The third-order valence-electron chi connectivity index (χ3n) is 7.90. The monoisotopic (exact) mass is 645 g/mol. The molecule has 1 aliphatic carbocycles. The molecule has 9 N–H and O–H groups in total. The lowest BCUT2D eigenvalue weighted by Crippen LogP contribution is -2.60. The van der Waals surface area contributed by atoms with Crippen LogP contribution in [0.4, 0.5) is 4.79 Å². The Morgan fingerprint density at radius 2 is 1.98 bits per heavy atom. The van der Waals surface area contributed by atoms with Crippen molar-refractivity contribution < 1.29 is 33.1 Å². The van der Waals surface area contributed by atoms with E-state index in [1.807, 2.05) is 25.6 Å². The molecule has 43 heavy (non-hydrogen) atoms. The van der Waals surface area contributed by atoms with E-state index in [1.54, 1.807) is 6.08 Å². The summed E-state index contributed by atoms with van der Waals surface area (Å²) in [4.78, 5) is 46.5. The highest BCUT2D eigenvalue weighted by Gasteiger charge is 2.43. The second-order valence-electron chi connectivity index (χ2n) is 11.2. The Hall–Kier alpha value is -2.32. The highest BCUT2D eigenvalue weighted by atomic mass is 32.2. The number of fused-ring (bicyclic) bond motifs is 1. The predicted octanol–water partition coefficient (Wildman–Crippen LogP) is 1.64. The van der Waals surface area contributed by atoms with Crippen molar-refractivity contribution in [2.75, 3.05) is 18.9 Å². The second kappa shape index (κ2) is 16.7. The van der Waals surface area contributed by atoms with Crippen molar-refractivity contribution in [1.82, 2.24) is 26.6 Å². The van der Waals surface area contributed by atoms with Crippen molar-refractivity contribution >= 4 is 43.2 Å². The summed E-state index contributed by atoms with van der Waals surface area (Å²) in [5.41, 5.74) is 5.58. The number of urea groups is 1. The van der Waals surface area contributed by atoms with Gasteiger partial charge in [-0.2, -0.15) is 11.8 Å². The summed E-state index contributed by atoms with van der Waals surface area (Å²) in [6.45, 7) is 5.57. The third-order valence-corrected chi connectivity index (χ3v) is 11.0. The summed E-state index contributed by atoms with van der Waals surface area (Å²) in [7, 11) is -4.24. The van der Waals surface area contributed by atoms with Crippen LogP contribution >= 0.6 is 19.4 Å². The molecule has 0 aromatic heterocycles. The third kappa shape index (κ3) is 10.7. The quantitative estimate of drug-likeness (QED) is 0.0376. The van der Waals surface area contributed by atoms with Crippen molar-refractivity contribution in [2.24, 2.45) is 5.73 Å². The van der Waals surface area contributed by atoms with Crippen LogP contribution < -0.4 is 32.3 Å². The molecule has 4 amide bonds. The van der Waals surface area contributed by atoms with Crippen LogP contribution in [0.1, 0.15) is 72.1 Å². The number of guanidine groups is 1. The second-order valence-corrected chi connectivity index (χ2v) is 14.4. The van der Waals surface area contributed by atoms with Crippen molar-refractivity contribution in [2.45, 2.75) is 114 Å². The van der Waals surface area contributed by atoms with E-state index in [4.69, 9.17) is 20.4 Å². The topological polar surface area (TPSA) is 217 Å². The number of hydrogen-bond donors (Lipinski definition) is 8. The number of carbonyl (C=O) groups excluding carboxylic acids is 3. The minimum absolute atomic E-state index is 0.0153. The lowest BCUT2D eigenvalue weighted by molar-refractivity contribution is -0.122. The van der Waals surface area contributed by atoms with Gasteiger partial charge >= 0.3 is 13.6 Å². The fraction of sp³-hybridized carbons (Fsp3) is 0.778. The Balaban J connectivity index is 1.44. The van der Waals surface area contributed by atoms with Gasteiger partial charge in [0.25, 0.3) is 0 Å². The van der Waals surface area contributed by atoms with Crippen LogP contribution in [0.5, 0.6) is 0 Å². The smallest absolute Gasteiger partial charge is 0.354 e. The van der Waals surface area contributed by atoms with E-state index in [0.717, 1.165) is 25.0 Å². The first-order chi connectivity index (χ1) is 20.4. The molecule has 2 aliphatic heterocycles. The van der Waals surface area contributed by atoms with Crippen LogP contribution in [0.2, 0.25) is 0 Å². The highest BCUT2D eigenvalue weighted by Crippen LogP contribution is 2.54. The summed E-state index contributed by atoms with van der Waals surface area (Å²) in [5, 5.41) is 22.5. The molecule has 0 bridgehead atoms. The van der Waals surface area contributed by atoms with Gasteiger partial charge < -0.3 is 46.5 Å². The van der Waals surface area contributed by atoms with Crippen molar-refractivity contribution in [3.05, 3.63) is 11.4 Å². The number of carbonyl (C=O) groups is 3. The van der Waals surface area contributed by atoms with Gasteiger partial charge in [-0.25, -0.2) is 4.79 Å². The number of unbranched alkanes of at least 4 members (excludes halogenated alkanes) is 1. The average Bonchev–Trinajstić information content (AvgIpc) is 3.49. The lowest BCUT2D eigenvalue weighted by atomic mass is 9.92. The van der Waals surface area contributed by atoms with Crippen LogP contribution in [0, 0.1) is 5.41 Å². The van der Waals surface area contributed by atoms with Crippen molar-refractivity contribution in [3.63, 3.8) is 0 Å². The Bertz CT molecular complexity index is 1080. The van der Waals surface area contributed by atoms with Gasteiger partial charge in [0.1, 0.15) is 0 Å². The molecule has 244 valence electrons. The standard InChI is InChI=1S/C27H48N7O7PS/c1-4-17(5-2)41-21-14-18(13-19(32-26(28)29)24(21)31-16(3)35)42(38,39)40-12-8-11-30-23(36)10-7-6-9-22-25-20(15-43-22)33-27(37)34-25/h14,17,19-22,24-25H,4-13,15H2,1-3H3,(H,30,36)(H,31,35)(H,38,39)(H4,28,29,32)(H2,33,34,37)/t19-,20-,21+,22-,24+,25-/m0/s1. The molecule has 7 atom stereocenters. The summed E-state index contributed by atoms with van der Waals surface area (Å²) in [5.74, 6) is 0.189.